The summed E-state index contributed by atoms with van der Waals surface area (Å²) in [5.74, 6) is -0.538. The van der Waals surface area contributed by atoms with Crippen LogP contribution in [0.4, 0.5) is 0 Å². The number of amides is 1. The van der Waals surface area contributed by atoms with Crippen LogP contribution in [-0.4, -0.2) is 74.3 Å². The Hall–Kier alpha value is -2.81. The first-order chi connectivity index (χ1) is 34.4. The number of hydrogen-bond acceptors (Lipinski definition) is 6. The van der Waals surface area contributed by atoms with Crippen LogP contribution in [0.3, 0.4) is 0 Å². The van der Waals surface area contributed by atoms with E-state index in [4.69, 9.17) is 13.8 Å². The predicted molar refractivity (Wildman–Crippen MR) is 304 cm³/mol. The highest BCUT2D eigenvalue weighted by Crippen LogP contribution is 2.43. The number of nitrogens with zero attached hydrogens (tertiary/aromatic N) is 1. The molecular weight excluding hydrogens is 904 g/mol. The van der Waals surface area contributed by atoms with Crippen LogP contribution in [0.15, 0.2) is 85.1 Å². The third-order valence-electron chi connectivity index (χ3n) is 12.3. The quantitative estimate of drug-likeness (QED) is 0.0205. The van der Waals surface area contributed by atoms with Crippen molar-refractivity contribution in [2.45, 2.75) is 251 Å². The Morgan fingerprint density at radius 2 is 0.901 bits per heavy atom. The molecule has 0 rings (SSSR count). The van der Waals surface area contributed by atoms with Crippen LogP contribution in [0.25, 0.3) is 0 Å². The number of carbonyl (C=O) groups is 2. The van der Waals surface area contributed by atoms with Gasteiger partial charge in [-0.1, -0.05) is 228 Å². The fourth-order valence-corrected chi connectivity index (χ4v) is 8.62. The lowest BCUT2D eigenvalue weighted by atomic mass is 10.0. The van der Waals surface area contributed by atoms with E-state index >= 15 is 0 Å². The molecule has 71 heavy (non-hydrogen) atoms. The first kappa shape index (κ1) is 68.2. The third-order valence-corrected chi connectivity index (χ3v) is 13.3. The van der Waals surface area contributed by atoms with Gasteiger partial charge in [-0.2, -0.15) is 0 Å². The number of carbonyl (C=O) groups excluding carboxylic acids is 2. The summed E-state index contributed by atoms with van der Waals surface area (Å²) in [4.78, 5) is 37.5. The van der Waals surface area contributed by atoms with Crippen molar-refractivity contribution in [3.8, 4) is 0 Å². The molecule has 0 aromatic heterocycles. The van der Waals surface area contributed by atoms with Crippen LogP contribution in [0, 0.1) is 0 Å². The molecule has 0 aliphatic heterocycles. The number of nitrogens with one attached hydrogen (secondary N) is 1. The molecule has 0 aromatic rings. The average molecular weight is 1010 g/mol. The molecule has 0 heterocycles. The summed E-state index contributed by atoms with van der Waals surface area (Å²) in [5, 5.41) is 3.03. The van der Waals surface area contributed by atoms with Gasteiger partial charge in [-0.15, -0.1) is 0 Å². The van der Waals surface area contributed by atoms with E-state index < -0.39 is 20.0 Å². The molecule has 0 saturated heterocycles. The van der Waals surface area contributed by atoms with E-state index in [0.717, 1.165) is 103 Å². The molecule has 9 nitrogen and oxygen atoms in total. The number of rotatable bonds is 51. The third kappa shape index (κ3) is 51.9. The number of quaternary nitrogens is 1. The summed E-state index contributed by atoms with van der Waals surface area (Å²) in [6, 6.07) is -0.859. The molecule has 0 saturated carbocycles. The number of esters is 1. The van der Waals surface area contributed by atoms with Gasteiger partial charge in [0.2, 0.25) is 5.91 Å². The van der Waals surface area contributed by atoms with Crippen molar-refractivity contribution >= 4 is 19.7 Å². The van der Waals surface area contributed by atoms with Crippen molar-refractivity contribution in [3.05, 3.63) is 85.1 Å². The Labute approximate surface area is 437 Å². The summed E-state index contributed by atoms with van der Waals surface area (Å²) in [6.07, 6.45) is 65.8. The van der Waals surface area contributed by atoms with Crippen LogP contribution in [0.2, 0.25) is 0 Å². The lowest BCUT2D eigenvalue weighted by Gasteiger charge is -2.27. The van der Waals surface area contributed by atoms with Gasteiger partial charge in [-0.3, -0.25) is 18.6 Å². The predicted octanol–water partition coefficient (Wildman–Crippen LogP) is 17.4. The van der Waals surface area contributed by atoms with E-state index in [-0.39, 0.29) is 31.5 Å². The second-order valence-electron chi connectivity index (χ2n) is 20.4. The monoisotopic (exact) mass is 1010 g/mol. The van der Waals surface area contributed by atoms with Crippen LogP contribution < -0.4 is 5.32 Å². The fourth-order valence-electron chi connectivity index (χ4n) is 7.88. The summed E-state index contributed by atoms with van der Waals surface area (Å²) in [6.45, 7) is 6.85. The Kier molecular flexibility index (Phi) is 48.7. The second kappa shape index (κ2) is 50.7. The number of unbranched alkanes of at least 4 members (excludes halogenated alkanes) is 23. The van der Waals surface area contributed by atoms with Crippen LogP contribution in [0.5, 0.6) is 0 Å². The molecule has 0 aliphatic rings. The summed E-state index contributed by atoms with van der Waals surface area (Å²) < 4.78 is 30.5. The molecule has 10 heteroatoms. The maximum Gasteiger partial charge on any atom is 0.472 e. The Bertz CT molecular complexity index is 1490. The molecule has 0 bridgehead atoms. The summed E-state index contributed by atoms with van der Waals surface area (Å²) in [5.41, 5.74) is 0. The van der Waals surface area contributed by atoms with Crippen LogP contribution in [0.1, 0.15) is 239 Å². The molecule has 0 aliphatic carbocycles. The second-order valence-corrected chi connectivity index (χ2v) is 21.9. The van der Waals surface area contributed by atoms with Crippen molar-refractivity contribution in [1.29, 1.82) is 0 Å². The number of phosphoric acid groups is 1. The molecule has 410 valence electrons. The van der Waals surface area contributed by atoms with E-state index in [9.17, 15) is 19.0 Å². The number of allylic oxidation sites excluding steroid dienone is 13. The smallest absolute Gasteiger partial charge is 0.456 e. The largest absolute Gasteiger partial charge is 0.472 e. The van der Waals surface area contributed by atoms with E-state index in [0.29, 0.717) is 23.9 Å². The summed E-state index contributed by atoms with van der Waals surface area (Å²) >= 11 is 0. The van der Waals surface area contributed by atoms with Crippen LogP contribution >= 0.6 is 7.82 Å². The average Bonchev–Trinajstić information content (AvgIpc) is 3.33. The minimum Gasteiger partial charge on any atom is -0.456 e. The zero-order valence-corrected chi connectivity index (χ0v) is 47.6. The molecule has 3 atom stereocenters. The van der Waals surface area contributed by atoms with Crippen LogP contribution in [-0.2, 0) is 27.9 Å². The zero-order valence-electron chi connectivity index (χ0n) is 46.7. The highest BCUT2D eigenvalue weighted by Gasteiger charge is 2.30. The number of phosphoric ester groups is 1. The van der Waals surface area contributed by atoms with E-state index in [1.807, 2.05) is 33.3 Å². The lowest BCUT2D eigenvalue weighted by Crippen LogP contribution is -2.47. The van der Waals surface area contributed by atoms with Crippen molar-refractivity contribution in [3.63, 3.8) is 0 Å². The van der Waals surface area contributed by atoms with Gasteiger partial charge in [-0.25, -0.2) is 4.57 Å². The lowest BCUT2D eigenvalue weighted by molar-refractivity contribution is -0.870. The first-order valence-electron chi connectivity index (χ1n) is 28.9. The molecule has 3 unspecified atom stereocenters. The maximum atomic E-state index is 13.4. The Balaban J connectivity index is 5.26. The van der Waals surface area contributed by atoms with E-state index in [2.05, 4.69) is 99.0 Å². The molecule has 1 amide bonds. The molecule has 0 aromatic carbocycles. The summed E-state index contributed by atoms with van der Waals surface area (Å²) in [7, 11) is 1.47. The van der Waals surface area contributed by atoms with Gasteiger partial charge in [0, 0.05) is 12.8 Å². The number of ether oxygens (including phenoxy) is 1. The molecule has 0 radical (unpaired) electrons. The molecule has 0 fully saturated rings. The number of hydrogen-bond donors (Lipinski definition) is 2. The van der Waals surface area contributed by atoms with Gasteiger partial charge in [0.25, 0.3) is 0 Å². The molecule has 0 spiro atoms. The van der Waals surface area contributed by atoms with Crippen molar-refractivity contribution < 1.29 is 37.3 Å². The van der Waals surface area contributed by atoms with Gasteiger partial charge >= 0.3 is 13.8 Å². The zero-order chi connectivity index (χ0) is 52.2. The fraction of sp³-hybridized carbons (Fsp3) is 0.738. The minimum absolute atomic E-state index is 0.0333. The molecule has 2 N–H and O–H groups in total. The van der Waals surface area contributed by atoms with Gasteiger partial charge in [0.1, 0.15) is 19.3 Å². The first-order valence-corrected chi connectivity index (χ1v) is 30.4. The maximum absolute atomic E-state index is 13.4. The van der Waals surface area contributed by atoms with E-state index in [1.54, 1.807) is 0 Å². The SMILES string of the molecule is CC/C=C\C/C=C\C/C=C\C/C=C\C/C=C\C/C=C\CCCCCCC(=O)OC(/C=C\CCCCCCCCCCC)C(COP(=O)(O)OCC[N+](C)(C)C)NC(=O)CCCCCCCCCCCCC. The van der Waals surface area contributed by atoms with Gasteiger partial charge in [-0.05, 0) is 83.1 Å². The minimum atomic E-state index is -4.45. The molecular formula is C61H110N2O7P+. The van der Waals surface area contributed by atoms with Gasteiger partial charge in [0.05, 0.1) is 33.8 Å². The Morgan fingerprint density at radius 1 is 0.507 bits per heavy atom. The van der Waals surface area contributed by atoms with Crippen molar-refractivity contribution in [1.82, 2.24) is 5.32 Å². The highest BCUT2D eigenvalue weighted by atomic mass is 31.2. The van der Waals surface area contributed by atoms with Crippen molar-refractivity contribution in [2.75, 3.05) is 40.9 Å². The van der Waals surface area contributed by atoms with E-state index in [1.165, 1.54) is 96.3 Å². The highest BCUT2D eigenvalue weighted by molar-refractivity contribution is 7.47. The standard InChI is InChI=1S/C61H109N2O7P/c1-7-10-13-16-19-22-25-26-27-28-29-30-31-32-33-34-35-36-39-42-45-48-51-54-61(65)70-59(52-49-46-43-40-37-23-20-17-14-11-8-2)58(57-69-71(66,67)68-56-55-63(4,5)6)62-60(64)53-50-47-44-41-38-24-21-18-15-12-9-3/h10,13,19,22,26-27,29-30,32-33,35-36,49,52,58-59H,7-9,11-12,14-18,20-21,23-25,28,31,34,37-48,50-51,53-57H2,1-6H3,(H-,62,64,66,67)/p+1/b13-10-,22-19-,27-26-,30-29-,33-32-,36-35-,52-49-. The van der Waals surface area contributed by atoms with Gasteiger partial charge < -0.3 is 19.4 Å². The van der Waals surface area contributed by atoms with Gasteiger partial charge in [0.15, 0.2) is 0 Å². The van der Waals surface area contributed by atoms with Crippen molar-refractivity contribution in [2.24, 2.45) is 0 Å². The topological polar surface area (TPSA) is 111 Å². The Morgan fingerprint density at radius 3 is 1.35 bits per heavy atom. The number of likely N-dealkylation sites (N-methyl/N-ethyl adjacent to an activating group) is 1. The normalized spacial score (nSPS) is 14.4.